The Morgan fingerprint density at radius 2 is 1.60 bits per heavy atom. The average Bonchev–Trinajstić information content (AvgIpc) is 2.66. The normalized spacial score (nSPS) is 13.1. The first kappa shape index (κ1) is 24.0. The molecule has 1 amide bonds. The van der Waals surface area contributed by atoms with Gasteiger partial charge in [0.25, 0.3) is 0 Å². The van der Waals surface area contributed by atoms with Crippen molar-refractivity contribution in [1.29, 1.82) is 0 Å². The van der Waals surface area contributed by atoms with Crippen LogP contribution in [0.25, 0.3) is 0 Å². The Bertz CT molecular complexity index is 795. The van der Waals surface area contributed by atoms with Gasteiger partial charge in [0.1, 0.15) is 12.4 Å². The highest BCUT2D eigenvalue weighted by molar-refractivity contribution is 6.74. The molecular formula is C25H37NO3Si. The van der Waals surface area contributed by atoms with Crippen LogP contribution < -0.4 is 9.74 Å². The summed E-state index contributed by atoms with van der Waals surface area (Å²) in [7, 11) is -1.88. The van der Waals surface area contributed by atoms with Gasteiger partial charge in [-0.2, -0.15) is 0 Å². The van der Waals surface area contributed by atoms with Crippen LogP contribution >= 0.6 is 0 Å². The first-order valence-electron chi connectivity index (χ1n) is 10.7. The van der Waals surface area contributed by atoms with Gasteiger partial charge >= 0.3 is 6.09 Å². The van der Waals surface area contributed by atoms with Gasteiger partial charge in [-0.15, -0.1) is 0 Å². The van der Waals surface area contributed by atoms with Crippen molar-refractivity contribution in [1.82, 2.24) is 5.32 Å². The summed E-state index contributed by atoms with van der Waals surface area (Å²) in [5.41, 5.74) is 2.03. The number of rotatable bonds is 8. The minimum Gasteiger partial charge on any atom is -0.544 e. The van der Waals surface area contributed by atoms with E-state index in [1.54, 1.807) is 0 Å². The molecule has 0 unspecified atom stereocenters. The molecule has 4 nitrogen and oxygen atoms in total. The van der Waals surface area contributed by atoms with Crippen molar-refractivity contribution < 1.29 is 14.0 Å². The zero-order valence-corrected chi connectivity index (χ0v) is 20.5. The standard InChI is InChI=1S/C25H37NO3Si/c1-19(2)17-23(26-24(27)28-18-20-11-9-8-10-12-20)21-13-15-22(16-14-21)29-30(6,7)25(3,4)5/h8-16,19,23H,17-18H2,1-7H3,(H,26,27)/t23-/m0/s1. The summed E-state index contributed by atoms with van der Waals surface area (Å²) >= 11 is 0. The number of hydrogen-bond acceptors (Lipinski definition) is 3. The molecular weight excluding hydrogens is 390 g/mol. The average molecular weight is 428 g/mol. The molecule has 2 aromatic rings. The van der Waals surface area contributed by atoms with Crippen LogP contribution in [0.3, 0.4) is 0 Å². The number of amides is 1. The SMILES string of the molecule is CC(C)C[C@H](NC(=O)OCc1ccccc1)c1ccc(O[Si](C)(C)C(C)(C)C)cc1. The molecule has 0 spiro atoms. The molecule has 0 saturated carbocycles. The third-order valence-electron chi connectivity index (χ3n) is 5.67. The summed E-state index contributed by atoms with van der Waals surface area (Å²) in [6.07, 6.45) is 0.439. The molecule has 5 heteroatoms. The third kappa shape index (κ3) is 7.20. The molecule has 164 valence electrons. The van der Waals surface area contributed by atoms with E-state index in [1.807, 2.05) is 54.6 Å². The van der Waals surface area contributed by atoms with Gasteiger partial charge in [-0.1, -0.05) is 77.1 Å². The van der Waals surface area contributed by atoms with E-state index in [9.17, 15) is 4.79 Å². The summed E-state index contributed by atoms with van der Waals surface area (Å²) in [5, 5.41) is 3.18. The Morgan fingerprint density at radius 3 is 2.13 bits per heavy atom. The van der Waals surface area contributed by atoms with Gasteiger partial charge in [-0.25, -0.2) is 4.79 Å². The second-order valence-corrected chi connectivity index (χ2v) is 14.5. The molecule has 0 aromatic heterocycles. The van der Waals surface area contributed by atoms with Gasteiger partial charge in [-0.05, 0) is 53.7 Å². The molecule has 0 aliphatic heterocycles. The Kier molecular flexibility index (Phi) is 8.13. The second-order valence-electron chi connectivity index (χ2n) is 9.82. The zero-order valence-electron chi connectivity index (χ0n) is 19.5. The van der Waals surface area contributed by atoms with Crippen LogP contribution in [0, 0.1) is 5.92 Å². The van der Waals surface area contributed by atoms with Crippen molar-refractivity contribution in [2.45, 2.75) is 71.8 Å². The number of alkyl carbamates (subject to hydrolysis) is 1. The zero-order chi connectivity index (χ0) is 22.4. The van der Waals surface area contributed by atoms with Crippen LogP contribution in [0.1, 0.15) is 58.2 Å². The van der Waals surface area contributed by atoms with Gasteiger partial charge in [-0.3, -0.25) is 0 Å². The van der Waals surface area contributed by atoms with Crippen LogP contribution in [0.2, 0.25) is 18.1 Å². The molecule has 2 rings (SSSR count). The molecule has 0 saturated heterocycles. The first-order valence-corrected chi connectivity index (χ1v) is 13.6. The van der Waals surface area contributed by atoms with E-state index in [1.165, 1.54) is 0 Å². The maximum Gasteiger partial charge on any atom is 0.407 e. The van der Waals surface area contributed by atoms with E-state index in [-0.39, 0.29) is 17.7 Å². The fraction of sp³-hybridized carbons (Fsp3) is 0.480. The molecule has 1 N–H and O–H groups in total. The third-order valence-corrected chi connectivity index (χ3v) is 10.0. The quantitative estimate of drug-likeness (QED) is 0.458. The van der Waals surface area contributed by atoms with Crippen molar-refractivity contribution in [3.8, 4) is 5.75 Å². The van der Waals surface area contributed by atoms with E-state index < -0.39 is 14.4 Å². The number of benzene rings is 2. The van der Waals surface area contributed by atoms with Crippen LogP contribution in [0.4, 0.5) is 4.79 Å². The summed E-state index contributed by atoms with van der Waals surface area (Å²) in [6.45, 7) is 15.8. The molecule has 30 heavy (non-hydrogen) atoms. The molecule has 0 aliphatic rings. The molecule has 1 atom stereocenters. The minimum absolute atomic E-state index is 0.102. The predicted octanol–water partition coefficient (Wildman–Crippen LogP) is 7.08. The topological polar surface area (TPSA) is 47.6 Å². The monoisotopic (exact) mass is 427 g/mol. The number of carbonyl (C=O) groups excluding carboxylic acids is 1. The van der Waals surface area contributed by atoms with Crippen molar-refractivity contribution in [2.75, 3.05) is 0 Å². The molecule has 0 bridgehead atoms. The fourth-order valence-electron chi connectivity index (χ4n) is 2.87. The Labute approximate surface area is 183 Å². The smallest absolute Gasteiger partial charge is 0.407 e. The molecule has 0 aliphatic carbocycles. The number of nitrogens with one attached hydrogen (secondary N) is 1. The van der Waals surface area contributed by atoms with E-state index in [2.05, 4.69) is 53.0 Å². The van der Waals surface area contributed by atoms with E-state index >= 15 is 0 Å². The molecule has 2 aromatic carbocycles. The summed E-state index contributed by atoms with van der Waals surface area (Å²) in [6, 6.07) is 17.7. The van der Waals surface area contributed by atoms with Crippen LogP contribution in [-0.2, 0) is 11.3 Å². The lowest BCUT2D eigenvalue weighted by Crippen LogP contribution is -2.43. The van der Waals surface area contributed by atoms with Gasteiger partial charge in [0.2, 0.25) is 8.32 Å². The Balaban J connectivity index is 2.04. The lowest BCUT2D eigenvalue weighted by atomic mass is 9.97. The van der Waals surface area contributed by atoms with Crippen LogP contribution in [-0.4, -0.2) is 14.4 Å². The lowest BCUT2D eigenvalue weighted by molar-refractivity contribution is 0.134. The Hall–Kier alpha value is -2.27. The van der Waals surface area contributed by atoms with Gasteiger partial charge < -0.3 is 14.5 Å². The maximum atomic E-state index is 12.4. The molecule has 0 fully saturated rings. The second kappa shape index (κ2) is 10.2. The Morgan fingerprint density at radius 1 is 1.00 bits per heavy atom. The minimum atomic E-state index is -1.88. The highest BCUT2D eigenvalue weighted by Gasteiger charge is 2.38. The van der Waals surface area contributed by atoms with Crippen molar-refractivity contribution >= 4 is 14.4 Å². The highest BCUT2D eigenvalue weighted by Crippen LogP contribution is 2.37. The van der Waals surface area contributed by atoms with Gasteiger partial charge in [0.15, 0.2) is 0 Å². The molecule has 0 radical (unpaired) electrons. The van der Waals surface area contributed by atoms with Crippen LogP contribution in [0.5, 0.6) is 5.75 Å². The van der Waals surface area contributed by atoms with Gasteiger partial charge in [0, 0.05) is 0 Å². The van der Waals surface area contributed by atoms with Gasteiger partial charge in [0.05, 0.1) is 6.04 Å². The lowest BCUT2D eigenvalue weighted by Gasteiger charge is -2.36. The first-order chi connectivity index (χ1) is 14.0. The summed E-state index contributed by atoms with van der Waals surface area (Å²) in [5.74, 6) is 1.33. The van der Waals surface area contributed by atoms with Crippen molar-refractivity contribution in [3.63, 3.8) is 0 Å². The van der Waals surface area contributed by atoms with Crippen molar-refractivity contribution in [3.05, 3.63) is 65.7 Å². The van der Waals surface area contributed by atoms with Crippen LogP contribution in [0.15, 0.2) is 54.6 Å². The number of hydrogen-bond donors (Lipinski definition) is 1. The van der Waals surface area contributed by atoms with E-state index in [4.69, 9.17) is 9.16 Å². The van der Waals surface area contributed by atoms with E-state index in [0.29, 0.717) is 5.92 Å². The van der Waals surface area contributed by atoms with Crippen molar-refractivity contribution in [2.24, 2.45) is 5.92 Å². The highest BCUT2D eigenvalue weighted by atomic mass is 28.4. The number of carbonyl (C=O) groups is 1. The largest absolute Gasteiger partial charge is 0.544 e. The summed E-state index contributed by atoms with van der Waals surface area (Å²) < 4.78 is 11.8. The molecule has 0 heterocycles. The maximum absolute atomic E-state index is 12.4. The predicted molar refractivity (Wildman–Crippen MR) is 126 cm³/mol. The van der Waals surface area contributed by atoms with E-state index in [0.717, 1.165) is 23.3 Å². The fourth-order valence-corrected chi connectivity index (χ4v) is 3.90. The summed E-state index contributed by atoms with van der Waals surface area (Å²) in [4.78, 5) is 12.4. The number of ether oxygens (including phenoxy) is 1.